The van der Waals surface area contributed by atoms with Crippen LogP contribution in [0.5, 0.6) is 5.75 Å². The highest BCUT2D eigenvalue weighted by atomic mass is 19.2. The van der Waals surface area contributed by atoms with E-state index in [1.165, 1.54) is 75.8 Å². The SMILES string of the molecule is C=CCCC1CCC(C2CCC(C3CCC(c4ccc(-c5ccc(OCCC)c(F)c5F)cc4)CC3)CC2)CO1. The van der Waals surface area contributed by atoms with Crippen molar-refractivity contribution in [1.82, 2.24) is 0 Å². The summed E-state index contributed by atoms with van der Waals surface area (Å²) in [5, 5.41) is 0. The largest absolute Gasteiger partial charge is 0.490 e. The number of benzene rings is 2. The third kappa shape index (κ3) is 6.98. The van der Waals surface area contributed by atoms with Gasteiger partial charge < -0.3 is 9.47 Å². The highest BCUT2D eigenvalue weighted by molar-refractivity contribution is 5.65. The fourth-order valence-corrected chi connectivity index (χ4v) is 7.75. The molecule has 218 valence electrons. The van der Waals surface area contributed by atoms with Gasteiger partial charge in [-0.3, -0.25) is 0 Å². The molecule has 2 aromatic carbocycles. The molecule has 4 heteroatoms. The van der Waals surface area contributed by atoms with Crippen molar-refractivity contribution in [3.8, 4) is 16.9 Å². The molecule has 1 aliphatic heterocycles. The second kappa shape index (κ2) is 14.1. The molecule has 1 saturated heterocycles. The van der Waals surface area contributed by atoms with Gasteiger partial charge in [0, 0.05) is 5.56 Å². The van der Waals surface area contributed by atoms with Gasteiger partial charge in [-0.05, 0) is 136 Å². The van der Waals surface area contributed by atoms with Crippen molar-refractivity contribution >= 4 is 0 Å². The third-order valence-corrected chi connectivity index (χ3v) is 10.2. The number of rotatable bonds is 10. The van der Waals surface area contributed by atoms with Gasteiger partial charge in [0.05, 0.1) is 19.3 Å². The second-order valence-electron chi connectivity index (χ2n) is 12.7. The van der Waals surface area contributed by atoms with Gasteiger partial charge in [0.25, 0.3) is 0 Å². The van der Waals surface area contributed by atoms with Crippen molar-refractivity contribution < 1.29 is 18.3 Å². The first kappa shape index (κ1) is 29.3. The van der Waals surface area contributed by atoms with Gasteiger partial charge in [0.15, 0.2) is 11.6 Å². The first-order chi connectivity index (χ1) is 19.6. The van der Waals surface area contributed by atoms with Crippen LogP contribution >= 0.6 is 0 Å². The minimum absolute atomic E-state index is 0.0129. The zero-order valence-corrected chi connectivity index (χ0v) is 24.4. The van der Waals surface area contributed by atoms with Crippen LogP contribution in [0.1, 0.15) is 102 Å². The molecule has 0 amide bonds. The van der Waals surface area contributed by atoms with E-state index in [1.54, 1.807) is 6.07 Å². The fourth-order valence-electron chi connectivity index (χ4n) is 7.75. The lowest BCUT2D eigenvalue weighted by Crippen LogP contribution is -2.33. The lowest BCUT2D eigenvalue weighted by molar-refractivity contribution is -0.0430. The van der Waals surface area contributed by atoms with Crippen LogP contribution in [0.4, 0.5) is 8.78 Å². The van der Waals surface area contributed by atoms with Gasteiger partial charge in [-0.2, -0.15) is 4.39 Å². The predicted octanol–water partition coefficient (Wildman–Crippen LogP) is 10.3. The van der Waals surface area contributed by atoms with Crippen LogP contribution in [-0.4, -0.2) is 19.3 Å². The van der Waals surface area contributed by atoms with Crippen molar-refractivity contribution in [3.63, 3.8) is 0 Å². The molecular formula is C36H48F2O2. The Morgan fingerprint density at radius 1 is 0.800 bits per heavy atom. The molecular weight excluding hydrogens is 502 g/mol. The molecule has 0 bridgehead atoms. The molecule has 2 aromatic rings. The van der Waals surface area contributed by atoms with Crippen LogP contribution in [-0.2, 0) is 4.74 Å². The zero-order valence-electron chi connectivity index (χ0n) is 24.4. The predicted molar refractivity (Wildman–Crippen MR) is 160 cm³/mol. The Morgan fingerprint density at radius 3 is 2.02 bits per heavy atom. The summed E-state index contributed by atoms with van der Waals surface area (Å²) in [5.41, 5.74) is 2.33. The van der Waals surface area contributed by atoms with Gasteiger partial charge >= 0.3 is 0 Å². The monoisotopic (exact) mass is 550 g/mol. The van der Waals surface area contributed by atoms with Gasteiger partial charge in [-0.15, -0.1) is 6.58 Å². The summed E-state index contributed by atoms with van der Waals surface area (Å²) in [4.78, 5) is 0. The van der Waals surface area contributed by atoms with Crippen molar-refractivity contribution in [1.29, 1.82) is 0 Å². The van der Waals surface area contributed by atoms with Crippen LogP contribution in [0.15, 0.2) is 49.1 Å². The van der Waals surface area contributed by atoms with E-state index in [9.17, 15) is 8.78 Å². The van der Waals surface area contributed by atoms with Crippen molar-refractivity contribution in [2.24, 2.45) is 23.7 Å². The third-order valence-electron chi connectivity index (χ3n) is 10.2. The van der Waals surface area contributed by atoms with E-state index in [1.807, 2.05) is 25.1 Å². The molecule has 2 aliphatic carbocycles. The van der Waals surface area contributed by atoms with E-state index < -0.39 is 11.6 Å². The maximum atomic E-state index is 14.8. The highest BCUT2D eigenvalue weighted by Gasteiger charge is 2.35. The van der Waals surface area contributed by atoms with E-state index in [0.29, 0.717) is 29.8 Å². The number of halogens is 2. The Hall–Kier alpha value is -2.20. The lowest BCUT2D eigenvalue weighted by atomic mass is 9.66. The molecule has 2 atom stereocenters. The van der Waals surface area contributed by atoms with Gasteiger partial charge in [-0.1, -0.05) is 37.3 Å². The zero-order chi connectivity index (χ0) is 27.9. The molecule has 2 saturated carbocycles. The van der Waals surface area contributed by atoms with Crippen LogP contribution in [0.25, 0.3) is 11.1 Å². The normalized spacial score (nSPS) is 29.2. The molecule has 2 unspecified atom stereocenters. The molecule has 1 heterocycles. The Kier molecular flexibility index (Phi) is 10.3. The molecule has 2 nitrogen and oxygen atoms in total. The first-order valence-corrected chi connectivity index (χ1v) is 16.0. The smallest absolute Gasteiger partial charge is 0.201 e. The quantitative estimate of drug-likeness (QED) is 0.274. The Labute approximate surface area is 240 Å². The van der Waals surface area contributed by atoms with E-state index in [-0.39, 0.29) is 5.75 Å². The molecule has 0 aromatic heterocycles. The summed E-state index contributed by atoms with van der Waals surface area (Å²) in [7, 11) is 0. The minimum atomic E-state index is -0.901. The van der Waals surface area contributed by atoms with Crippen molar-refractivity contribution in [2.45, 2.75) is 102 Å². The molecule has 5 rings (SSSR count). The Balaban J connectivity index is 1.08. The van der Waals surface area contributed by atoms with Crippen LogP contribution in [0.3, 0.4) is 0 Å². The van der Waals surface area contributed by atoms with Crippen LogP contribution < -0.4 is 4.74 Å². The number of hydrogen-bond acceptors (Lipinski definition) is 2. The second-order valence-corrected chi connectivity index (χ2v) is 12.7. The average Bonchev–Trinajstić information content (AvgIpc) is 3.01. The summed E-state index contributed by atoms with van der Waals surface area (Å²) in [6.45, 7) is 7.14. The molecule has 40 heavy (non-hydrogen) atoms. The van der Waals surface area contributed by atoms with Gasteiger partial charge in [-0.25, -0.2) is 4.39 Å². The van der Waals surface area contributed by atoms with Crippen molar-refractivity contribution in [3.05, 3.63) is 66.3 Å². The summed E-state index contributed by atoms with van der Waals surface area (Å²) >= 11 is 0. The summed E-state index contributed by atoms with van der Waals surface area (Å²) in [6, 6.07) is 11.3. The summed E-state index contributed by atoms with van der Waals surface area (Å²) in [6.07, 6.45) is 18.7. The Morgan fingerprint density at radius 2 is 1.43 bits per heavy atom. The number of hydrogen-bond donors (Lipinski definition) is 0. The fraction of sp³-hybridized carbons (Fsp3) is 0.611. The molecule has 0 spiro atoms. The van der Waals surface area contributed by atoms with Crippen LogP contribution in [0, 0.1) is 35.3 Å². The van der Waals surface area contributed by atoms with E-state index in [0.717, 1.165) is 49.5 Å². The van der Waals surface area contributed by atoms with Gasteiger partial charge in [0.2, 0.25) is 5.82 Å². The number of ether oxygens (including phenoxy) is 2. The standard InChI is InChI=1S/C36H48F2O2/c1-3-5-6-32-20-19-31(24-40-32)29-13-11-27(12-14-29)25-7-9-26(10-8-25)28-15-17-30(18-16-28)33-21-22-34(39-23-4-2)36(38)35(33)37/h3,15-18,21-22,25-27,29,31-32H,1,4-14,19-20,23-24H2,2H3. The van der Waals surface area contributed by atoms with E-state index >= 15 is 0 Å². The van der Waals surface area contributed by atoms with E-state index in [2.05, 4.69) is 18.7 Å². The highest BCUT2D eigenvalue weighted by Crippen LogP contribution is 2.46. The average molecular weight is 551 g/mol. The first-order valence-electron chi connectivity index (χ1n) is 16.0. The number of allylic oxidation sites excluding steroid dienone is 1. The molecule has 3 fully saturated rings. The maximum absolute atomic E-state index is 14.8. The molecule has 3 aliphatic rings. The van der Waals surface area contributed by atoms with Crippen LogP contribution in [0.2, 0.25) is 0 Å². The lowest BCUT2D eigenvalue weighted by Gasteiger charge is -2.41. The molecule has 0 N–H and O–H groups in total. The topological polar surface area (TPSA) is 18.5 Å². The maximum Gasteiger partial charge on any atom is 0.201 e. The molecule has 0 radical (unpaired) electrons. The van der Waals surface area contributed by atoms with Gasteiger partial charge in [0.1, 0.15) is 0 Å². The summed E-state index contributed by atoms with van der Waals surface area (Å²) in [5.74, 6) is 2.23. The minimum Gasteiger partial charge on any atom is -0.490 e. The summed E-state index contributed by atoms with van der Waals surface area (Å²) < 4.78 is 40.8. The van der Waals surface area contributed by atoms with E-state index in [4.69, 9.17) is 9.47 Å². The van der Waals surface area contributed by atoms with Crippen molar-refractivity contribution in [2.75, 3.05) is 13.2 Å². The Bertz CT molecular complexity index is 1070.